The Bertz CT molecular complexity index is 473. The molecule has 1 unspecified atom stereocenters. The van der Waals surface area contributed by atoms with Gasteiger partial charge in [-0.1, -0.05) is 24.3 Å². The summed E-state index contributed by atoms with van der Waals surface area (Å²) in [6, 6.07) is 13.3. The molecule has 0 amide bonds. The van der Waals surface area contributed by atoms with E-state index in [0.717, 1.165) is 0 Å². The Labute approximate surface area is 101 Å². The first kappa shape index (κ1) is 11.4. The Balaban J connectivity index is 2.40. The second kappa shape index (κ2) is 4.81. The predicted molar refractivity (Wildman–Crippen MR) is 71.1 cm³/mol. The number of benzene rings is 1. The monoisotopic (exact) mass is 231 g/mol. The topological polar surface area (TPSA) is 12.0 Å². The van der Waals surface area contributed by atoms with Crippen molar-refractivity contribution in [2.75, 3.05) is 7.05 Å². The molecule has 1 atom stereocenters. The fourth-order valence-corrected chi connectivity index (χ4v) is 2.98. The third kappa shape index (κ3) is 2.18. The second-order valence-electron chi connectivity index (χ2n) is 4.03. The van der Waals surface area contributed by atoms with Crippen molar-refractivity contribution in [3.63, 3.8) is 0 Å². The first-order valence-corrected chi connectivity index (χ1v) is 6.33. The van der Waals surface area contributed by atoms with E-state index in [2.05, 4.69) is 55.6 Å². The maximum atomic E-state index is 3.40. The summed E-state index contributed by atoms with van der Waals surface area (Å²) in [7, 11) is 2.02. The highest BCUT2D eigenvalue weighted by Gasteiger charge is 2.14. The zero-order valence-electron chi connectivity index (χ0n) is 9.95. The van der Waals surface area contributed by atoms with Crippen LogP contribution in [0.25, 0.3) is 0 Å². The van der Waals surface area contributed by atoms with E-state index in [4.69, 9.17) is 0 Å². The number of aryl methyl sites for hydroxylation is 2. The summed E-state index contributed by atoms with van der Waals surface area (Å²) in [5, 5.41) is 3.40. The molecule has 84 valence electrons. The van der Waals surface area contributed by atoms with Gasteiger partial charge in [-0.25, -0.2) is 0 Å². The number of hydrogen-bond acceptors (Lipinski definition) is 2. The van der Waals surface area contributed by atoms with Crippen LogP contribution in [0.5, 0.6) is 0 Å². The number of hydrogen-bond donors (Lipinski definition) is 1. The van der Waals surface area contributed by atoms with Crippen LogP contribution in [0.1, 0.15) is 26.9 Å². The van der Waals surface area contributed by atoms with E-state index in [-0.39, 0.29) is 0 Å². The largest absolute Gasteiger partial charge is 0.309 e. The Morgan fingerprint density at radius 1 is 1.06 bits per heavy atom. The highest BCUT2D eigenvalue weighted by molar-refractivity contribution is 7.12. The molecule has 2 heteroatoms. The minimum absolute atomic E-state index is 0.319. The molecule has 2 aromatic rings. The molecule has 1 aromatic carbocycles. The van der Waals surface area contributed by atoms with Crippen molar-refractivity contribution in [2.45, 2.75) is 19.9 Å². The molecule has 0 saturated heterocycles. The Morgan fingerprint density at radius 3 is 2.38 bits per heavy atom. The maximum absolute atomic E-state index is 3.40. The molecular weight excluding hydrogens is 214 g/mol. The van der Waals surface area contributed by atoms with Crippen LogP contribution in [-0.2, 0) is 0 Å². The normalized spacial score (nSPS) is 12.7. The Hall–Kier alpha value is -1.12. The molecule has 0 radical (unpaired) electrons. The molecule has 0 aliphatic carbocycles. The Morgan fingerprint density at radius 2 is 1.81 bits per heavy atom. The van der Waals surface area contributed by atoms with Crippen LogP contribution >= 0.6 is 11.3 Å². The van der Waals surface area contributed by atoms with Crippen molar-refractivity contribution in [1.29, 1.82) is 0 Å². The highest BCUT2D eigenvalue weighted by Crippen LogP contribution is 2.29. The van der Waals surface area contributed by atoms with Crippen molar-refractivity contribution in [3.8, 4) is 0 Å². The number of nitrogens with one attached hydrogen (secondary N) is 1. The molecule has 0 fully saturated rings. The number of rotatable bonds is 3. The van der Waals surface area contributed by atoms with E-state index in [9.17, 15) is 0 Å². The molecule has 0 bridgehead atoms. The Kier molecular flexibility index (Phi) is 3.42. The quantitative estimate of drug-likeness (QED) is 0.850. The second-order valence-corrected chi connectivity index (χ2v) is 5.35. The first-order valence-electron chi connectivity index (χ1n) is 5.51. The lowest BCUT2D eigenvalue weighted by Crippen LogP contribution is -2.17. The van der Waals surface area contributed by atoms with Crippen LogP contribution in [0.2, 0.25) is 0 Å². The van der Waals surface area contributed by atoms with E-state index < -0.39 is 0 Å². The molecule has 1 N–H and O–H groups in total. The van der Waals surface area contributed by atoms with Gasteiger partial charge in [-0.15, -0.1) is 11.3 Å². The van der Waals surface area contributed by atoms with Gasteiger partial charge in [-0.3, -0.25) is 0 Å². The summed E-state index contributed by atoms with van der Waals surface area (Å²) < 4.78 is 0. The van der Waals surface area contributed by atoms with Gasteiger partial charge < -0.3 is 5.32 Å². The van der Waals surface area contributed by atoms with Gasteiger partial charge in [0.15, 0.2) is 0 Å². The van der Waals surface area contributed by atoms with Crippen LogP contribution in [0.4, 0.5) is 0 Å². The van der Waals surface area contributed by atoms with Crippen molar-refractivity contribution >= 4 is 11.3 Å². The molecule has 1 aromatic heterocycles. The molecule has 16 heavy (non-hydrogen) atoms. The third-order valence-electron chi connectivity index (χ3n) is 2.83. The fraction of sp³-hybridized carbons (Fsp3) is 0.286. The molecule has 0 saturated carbocycles. The van der Waals surface area contributed by atoms with Gasteiger partial charge >= 0.3 is 0 Å². The summed E-state index contributed by atoms with van der Waals surface area (Å²) in [6.07, 6.45) is 0. The number of thiophene rings is 1. The summed E-state index contributed by atoms with van der Waals surface area (Å²) in [4.78, 5) is 2.75. The van der Waals surface area contributed by atoms with Gasteiger partial charge in [-0.2, -0.15) is 0 Å². The summed E-state index contributed by atoms with van der Waals surface area (Å²) >= 11 is 1.86. The minimum atomic E-state index is 0.319. The minimum Gasteiger partial charge on any atom is -0.309 e. The van der Waals surface area contributed by atoms with Gasteiger partial charge in [0.25, 0.3) is 0 Å². The zero-order chi connectivity index (χ0) is 11.5. The summed E-state index contributed by atoms with van der Waals surface area (Å²) in [5.41, 5.74) is 2.71. The van der Waals surface area contributed by atoms with Crippen molar-refractivity contribution < 1.29 is 0 Å². The maximum Gasteiger partial charge on any atom is 0.0671 e. The SMILES string of the molecule is CNC(c1ccc(C)s1)c1ccccc1C. The standard InChI is InChI=1S/C14H17NS/c1-10-6-4-5-7-12(10)14(15-3)13-9-8-11(2)16-13/h4-9,14-15H,1-3H3. The van der Waals surface area contributed by atoms with Gasteiger partial charge in [0.05, 0.1) is 6.04 Å². The average Bonchev–Trinajstić information content (AvgIpc) is 2.69. The van der Waals surface area contributed by atoms with Crippen LogP contribution in [-0.4, -0.2) is 7.05 Å². The molecule has 2 rings (SSSR count). The highest BCUT2D eigenvalue weighted by atomic mass is 32.1. The smallest absolute Gasteiger partial charge is 0.0671 e. The van der Waals surface area contributed by atoms with E-state index in [1.807, 2.05) is 18.4 Å². The van der Waals surface area contributed by atoms with Gasteiger partial charge in [-0.05, 0) is 44.2 Å². The van der Waals surface area contributed by atoms with Crippen LogP contribution in [0, 0.1) is 13.8 Å². The lowest BCUT2D eigenvalue weighted by molar-refractivity contribution is 0.699. The van der Waals surface area contributed by atoms with E-state index in [1.54, 1.807) is 0 Å². The summed E-state index contributed by atoms with van der Waals surface area (Å²) in [6.45, 7) is 4.32. The van der Waals surface area contributed by atoms with Crippen molar-refractivity contribution in [2.24, 2.45) is 0 Å². The zero-order valence-corrected chi connectivity index (χ0v) is 10.8. The fourth-order valence-electron chi connectivity index (χ4n) is 1.97. The van der Waals surface area contributed by atoms with Gasteiger partial charge in [0.1, 0.15) is 0 Å². The predicted octanol–water partition coefficient (Wildman–Crippen LogP) is 3.67. The van der Waals surface area contributed by atoms with Crippen LogP contribution < -0.4 is 5.32 Å². The van der Waals surface area contributed by atoms with Gasteiger partial charge in [0, 0.05) is 9.75 Å². The van der Waals surface area contributed by atoms with E-state index in [1.165, 1.54) is 20.9 Å². The molecule has 0 aliphatic rings. The lowest BCUT2D eigenvalue weighted by Gasteiger charge is -2.17. The lowest BCUT2D eigenvalue weighted by atomic mass is 10.0. The van der Waals surface area contributed by atoms with Crippen LogP contribution in [0.3, 0.4) is 0 Å². The average molecular weight is 231 g/mol. The van der Waals surface area contributed by atoms with Crippen LogP contribution in [0.15, 0.2) is 36.4 Å². The van der Waals surface area contributed by atoms with E-state index in [0.29, 0.717) is 6.04 Å². The van der Waals surface area contributed by atoms with Crippen molar-refractivity contribution in [3.05, 3.63) is 57.3 Å². The third-order valence-corrected chi connectivity index (χ3v) is 3.90. The molecule has 0 spiro atoms. The van der Waals surface area contributed by atoms with E-state index >= 15 is 0 Å². The first-order chi connectivity index (χ1) is 7.72. The summed E-state index contributed by atoms with van der Waals surface area (Å²) in [5.74, 6) is 0. The molecule has 1 nitrogen and oxygen atoms in total. The molecule has 1 heterocycles. The molecular formula is C14H17NS. The van der Waals surface area contributed by atoms with Crippen molar-refractivity contribution in [1.82, 2.24) is 5.32 Å². The van der Waals surface area contributed by atoms with Gasteiger partial charge in [0.2, 0.25) is 0 Å². The molecule has 0 aliphatic heterocycles.